The van der Waals surface area contributed by atoms with Crippen LogP contribution in [0.4, 0.5) is 0 Å². The molecule has 0 bridgehead atoms. The highest BCUT2D eigenvalue weighted by Gasteiger charge is 2.12. The lowest BCUT2D eigenvalue weighted by atomic mass is 9.87. The third-order valence-corrected chi connectivity index (χ3v) is 3.04. The lowest BCUT2D eigenvalue weighted by molar-refractivity contribution is 0.305. The van der Waals surface area contributed by atoms with Gasteiger partial charge in [0.15, 0.2) is 0 Å². The molecule has 100 valence electrons. The van der Waals surface area contributed by atoms with Crippen LogP contribution in [0, 0.1) is 0 Å². The molecule has 1 nitrogen and oxygen atoms in total. The zero-order chi connectivity index (χ0) is 13.4. The summed E-state index contributed by atoms with van der Waals surface area (Å²) < 4.78 is 5.73. The Bertz CT molecular complexity index is 343. The number of hydrogen-bond acceptors (Lipinski definition) is 1. The first kappa shape index (κ1) is 14.8. The molecule has 1 aromatic rings. The van der Waals surface area contributed by atoms with Crippen molar-refractivity contribution in [3.63, 3.8) is 0 Å². The van der Waals surface area contributed by atoms with Crippen molar-refractivity contribution in [2.24, 2.45) is 0 Å². The van der Waals surface area contributed by atoms with Crippen LogP contribution in [0.25, 0.3) is 0 Å². The maximum absolute atomic E-state index is 5.73. The van der Waals surface area contributed by atoms with Crippen molar-refractivity contribution in [2.45, 2.75) is 51.9 Å². The van der Waals surface area contributed by atoms with E-state index in [4.69, 9.17) is 4.74 Å². The third-order valence-electron chi connectivity index (χ3n) is 3.04. The van der Waals surface area contributed by atoms with Gasteiger partial charge in [-0.3, -0.25) is 0 Å². The number of hydrogen-bond donors (Lipinski definition) is 0. The predicted molar refractivity (Wildman–Crippen MR) is 79.3 cm³/mol. The smallest absolute Gasteiger partial charge is 0.119 e. The van der Waals surface area contributed by atoms with E-state index < -0.39 is 0 Å². The van der Waals surface area contributed by atoms with Gasteiger partial charge < -0.3 is 4.74 Å². The minimum Gasteiger partial charge on any atom is -0.494 e. The molecule has 0 saturated carbocycles. The molecule has 0 fully saturated rings. The van der Waals surface area contributed by atoms with E-state index in [9.17, 15) is 0 Å². The summed E-state index contributed by atoms with van der Waals surface area (Å²) >= 11 is 0. The number of rotatable bonds is 7. The molecule has 18 heavy (non-hydrogen) atoms. The largest absolute Gasteiger partial charge is 0.494 e. The topological polar surface area (TPSA) is 9.23 Å². The highest BCUT2D eigenvalue weighted by molar-refractivity contribution is 5.31. The van der Waals surface area contributed by atoms with Gasteiger partial charge in [0.05, 0.1) is 6.61 Å². The molecule has 0 aliphatic carbocycles. The molecule has 1 aromatic carbocycles. The Morgan fingerprint density at radius 1 is 1.06 bits per heavy atom. The summed E-state index contributed by atoms with van der Waals surface area (Å²) in [6.07, 6.45) is 6.64. The number of ether oxygens (including phenoxy) is 1. The van der Waals surface area contributed by atoms with Crippen molar-refractivity contribution < 1.29 is 4.74 Å². The van der Waals surface area contributed by atoms with Crippen LogP contribution in [0.3, 0.4) is 0 Å². The van der Waals surface area contributed by atoms with E-state index in [1.54, 1.807) is 0 Å². The molecule has 0 atom stereocenters. The summed E-state index contributed by atoms with van der Waals surface area (Å²) in [5, 5.41) is 0. The van der Waals surface area contributed by atoms with E-state index in [0.717, 1.165) is 25.2 Å². The van der Waals surface area contributed by atoms with Gasteiger partial charge in [-0.25, -0.2) is 0 Å². The second-order valence-corrected chi connectivity index (χ2v) is 5.76. The molecule has 0 N–H and O–H groups in total. The summed E-state index contributed by atoms with van der Waals surface area (Å²) in [4.78, 5) is 0. The summed E-state index contributed by atoms with van der Waals surface area (Å²) in [6, 6.07) is 8.47. The Balaban J connectivity index is 2.29. The van der Waals surface area contributed by atoms with Crippen LogP contribution in [0.5, 0.6) is 5.75 Å². The normalized spacial score (nSPS) is 11.3. The molecular weight excluding hydrogens is 220 g/mol. The molecule has 1 rings (SSSR count). The molecule has 0 heterocycles. The molecule has 0 aliphatic rings. The molecule has 0 unspecified atom stereocenters. The first-order chi connectivity index (χ1) is 8.54. The van der Waals surface area contributed by atoms with Crippen LogP contribution in [0.15, 0.2) is 36.9 Å². The molecule has 0 aliphatic heterocycles. The summed E-state index contributed by atoms with van der Waals surface area (Å²) in [5.74, 6) is 0.978. The average Bonchev–Trinajstić information content (AvgIpc) is 2.33. The van der Waals surface area contributed by atoms with E-state index in [1.807, 2.05) is 6.08 Å². The van der Waals surface area contributed by atoms with Crippen LogP contribution in [0.1, 0.15) is 52.0 Å². The fourth-order valence-corrected chi connectivity index (χ4v) is 1.81. The second-order valence-electron chi connectivity index (χ2n) is 5.76. The van der Waals surface area contributed by atoms with Gasteiger partial charge in [0, 0.05) is 0 Å². The molecule has 0 amide bonds. The molecule has 0 saturated heterocycles. The van der Waals surface area contributed by atoms with Crippen LogP contribution in [-0.4, -0.2) is 6.61 Å². The number of allylic oxidation sites excluding steroid dienone is 1. The lowest BCUT2D eigenvalue weighted by Gasteiger charge is -2.19. The Kier molecular flexibility index (Phi) is 5.97. The first-order valence-electron chi connectivity index (χ1n) is 6.88. The van der Waals surface area contributed by atoms with Crippen LogP contribution in [0.2, 0.25) is 0 Å². The zero-order valence-corrected chi connectivity index (χ0v) is 12.0. The summed E-state index contributed by atoms with van der Waals surface area (Å²) in [7, 11) is 0. The Morgan fingerprint density at radius 2 is 1.72 bits per heavy atom. The third kappa shape index (κ3) is 5.39. The average molecular weight is 246 g/mol. The van der Waals surface area contributed by atoms with Crippen LogP contribution >= 0.6 is 0 Å². The van der Waals surface area contributed by atoms with Gasteiger partial charge in [-0.05, 0) is 48.8 Å². The number of unbranched alkanes of at least 4 members (excludes halogenated alkanes) is 3. The highest BCUT2D eigenvalue weighted by Crippen LogP contribution is 2.24. The predicted octanol–water partition coefficient (Wildman–Crippen LogP) is 5.11. The van der Waals surface area contributed by atoms with Crippen molar-refractivity contribution in [2.75, 3.05) is 6.61 Å². The van der Waals surface area contributed by atoms with E-state index in [0.29, 0.717) is 0 Å². The first-order valence-corrected chi connectivity index (χ1v) is 6.88. The molecule has 1 heteroatoms. The second kappa shape index (κ2) is 7.25. The van der Waals surface area contributed by atoms with Crippen molar-refractivity contribution in [1.29, 1.82) is 0 Å². The van der Waals surface area contributed by atoms with Crippen molar-refractivity contribution in [1.82, 2.24) is 0 Å². The molecule has 0 spiro atoms. The highest BCUT2D eigenvalue weighted by atomic mass is 16.5. The van der Waals surface area contributed by atoms with Crippen molar-refractivity contribution >= 4 is 0 Å². The molecule has 0 aromatic heterocycles. The lowest BCUT2D eigenvalue weighted by Crippen LogP contribution is -2.10. The Morgan fingerprint density at radius 3 is 2.28 bits per heavy atom. The fourth-order valence-electron chi connectivity index (χ4n) is 1.81. The van der Waals surface area contributed by atoms with Gasteiger partial charge in [0.2, 0.25) is 0 Å². The van der Waals surface area contributed by atoms with Crippen LogP contribution in [-0.2, 0) is 5.41 Å². The SMILES string of the molecule is C=CCCCCCOc1ccc(C(C)(C)C)cc1. The van der Waals surface area contributed by atoms with Gasteiger partial charge in [-0.1, -0.05) is 39.0 Å². The van der Waals surface area contributed by atoms with E-state index in [-0.39, 0.29) is 5.41 Å². The summed E-state index contributed by atoms with van der Waals surface area (Å²) in [5.41, 5.74) is 1.56. The minimum absolute atomic E-state index is 0.212. The Labute approximate surface area is 112 Å². The number of benzene rings is 1. The van der Waals surface area contributed by atoms with Gasteiger partial charge in [0.25, 0.3) is 0 Å². The fraction of sp³-hybridized carbons (Fsp3) is 0.529. The van der Waals surface area contributed by atoms with Gasteiger partial charge >= 0.3 is 0 Å². The maximum Gasteiger partial charge on any atom is 0.119 e. The zero-order valence-electron chi connectivity index (χ0n) is 12.0. The molecule has 0 radical (unpaired) electrons. The van der Waals surface area contributed by atoms with Gasteiger partial charge in [-0.2, -0.15) is 0 Å². The van der Waals surface area contributed by atoms with Gasteiger partial charge in [0.1, 0.15) is 5.75 Å². The standard InChI is InChI=1S/C17H26O/c1-5-6-7-8-9-14-18-16-12-10-15(11-13-16)17(2,3)4/h5,10-13H,1,6-9,14H2,2-4H3. The maximum atomic E-state index is 5.73. The van der Waals surface area contributed by atoms with Gasteiger partial charge in [-0.15, -0.1) is 6.58 Å². The molecular formula is C17H26O. The minimum atomic E-state index is 0.212. The van der Waals surface area contributed by atoms with E-state index in [1.165, 1.54) is 18.4 Å². The van der Waals surface area contributed by atoms with E-state index >= 15 is 0 Å². The summed E-state index contributed by atoms with van der Waals surface area (Å²) in [6.45, 7) is 11.2. The van der Waals surface area contributed by atoms with Crippen molar-refractivity contribution in [3.05, 3.63) is 42.5 Å². The van der Waals surface area contributed by atoms with Crippen molar-refractivity contribution in [3.8, 4) is 5.75 Å². The quantitative estimate of drug-likeness (QED) is 0.480. The Hall–Kier alpha value is -1.24. The van der Waals surface area contributed by atoms with Crippen LogP contribution < -0.4 is 4.74 Å². The van der Waals surface area contributed by atoms with E-state index in [2.05, 4.69) is 51.6 Å². The monoisotopic (exact) mass is 246 g/mol.